The van der Waals surface area contributed by atoms with E-state index in [1.165, 1.54) is 63.4 Å². The van der Waals surface area contributed by atoms with Crippen LogP contribution in [0.15, 0.2) is 36.9 Å². The highest BCUT2D eigenvalue weighted by Crippen LogP contribution is 2.44. The van der Waals surface area contributed by atoms with E-state index in [0.717, 1.165) is 17.8 Å². The van der Waals surface area contributed by atoms with Crippen LogP contribution in [0.2, 0.25) is 0 Å². The third-order valence-electron chi connectivity index (χ3n) is 6.19. The summed E-state index contributed by atoms with van der Waals surface area (Å²) >= 11 is 0. The van der Waals surface area contributed by atoms with Gasteiger partial charge >= 0.3 is 0 Å². The molecular formula is C21H30O. The molecule has 1 nitrogen and oxygen atoms in total. The van der Waals surface area contributed by atoms with Gasteiger partial charge in [-0.05, 0) is 99.2 Å². The van der Waals surface area contributed by atoms with E-state index in [4.69, 9.17) is 0 Å². The van der Waals surface area contributed by atoms with Crippen LogP contribution in [-0.4, -0.2) is 5.11 Å². The summed E-state index contributed by atoms with van der Waals surface area (Å²) in [6.45, 7) is 3.89. The lowest BCUT2D eigenvalue weighted by Gasteiger charge is -2.38. The van der Waals surface area contributed by atoms with Gasteiger partial charge in [0.25, 0.3) is 0 Å². The first kappa shape index (κ1) is 15.6. The molecule has 0 radical (unpaired) electrons. The van der Waals surface area contributed by atoms with Crippen molar-refractivity contribution in [3.05, 3.63) is 42.5 Å². The van der Waals surface area contributed by atoms with Gasteiger partial charge in [-0.1, -0.05) is 18.2 Å². The maximum absolute atomic E-state index is 9.42. The van der Waals surface area contributed by atoms with Crippen LogP contribution in [0.1, 0.15) is 69.3 Å². The Kier molecular flexibility index (Phi) is 5.23. The Morgan fingerprint density at radius 3 is 1.95 bits per heavy atom. The third-order valence-corrected chi connectivity index (χ3v) is 6.19. The van der Waals surface area contributed by atoms with Gasteiger partial charge in [-0.3, -0.25) is 0 Å². The second kappa shape index (κ2) is 7.35. The van der Waals surface area contributed by atoms with Crippen molar-refractivity contribution in [2.75, 3.05) is 0 Å². The molecule has 0 aromatic heterocycles. The Bertz CT molecular complexity index is 459. The van der Waals surface area contributed by atoms with Gasteiger partial charge in [-0.15, -0.1) is 6.58 Å². The summed E-state index contributed by atoms with van der Waals surface area (Å²) in [5, 5.41) is 9.42. The van der Waals surface area contributed by atoms with Gasteiger partial charge in [0.2, 0.25) is 0 Å². The van der Waals surface area contributed by atoms with Crippen LogP contribution < -0.4 is 0 Å². The second-order valence-electron chi connectivity index (χ2n) is 7.51. The quantitative estimate of drug-likeness (QED) is 0.671. The monoisotopic (exact) mass is 298 g/mol. The molecule has 0 amide bonds. The zero-order valence-corrected chi connectivity index (χ0v) is 13.7. The van der Waals surface area contributed by atoms with Crippen molar-refractivity contribution in [2.45, 2.75) is 63.7 Å². The van der Waals surface area contributed by atoms with E-state index in [0.29, 0.717) is 11.7 Å². The molecule has 0 unspecified atom stereocenters. The number of phenols is 1. The summed E-state index contributed by atoms with van der Waals surface area (Å²) in [6.07, 6.45) is 14.6. The molecule has 0 spiro atoms. The van der Waals surface area contributed by atoms with Gasteiger partial charge in [-0.2, -0.15) is 0 Å². The Balaban J connectivity index is 1.48. The minimum absolute atomic E-state index is 0.383. The highest BCUT2D eigenvalue weighted by atomic mass is 16.3. The molecule has 2 aliphatic rings. The van der Waals surface area contributed by atoms with Crippen LogP contribution >= 0.6 is 0 Å². The van der Waals surface area contributed by atoms with E-state index in [1.54, 1.807) is 0 Å². The number of hydrogen-bond donors (Lipinski definition) is 1. The Labute approximate surface area is 135 Å². The van der Waals surface area contributed by atoms with Gasteiger partial charge in [-0.25, -0.2) is 0 Å². The molecule has 0 aliphatic heterocycles. The van der Waals surface area contributed by atoms with Gasteiger partial charge < -0.3 is 5.11 Å². The molecule has 0 atom stereocenters. The molecule has 1 N–H and O–H groups in total. The number of benzene rings is 1. The SMILES string of the molecule is C=CCC1CCC(C2CCC(c3ccc(O)cc3)CC2)CC1. The first-order chi connectivity index (χ1) is 10.8. The second-order valence-corrected chi connectivity index (χ2v) is 7.51. The number of aromatic hydroxyl groups is 1. The van der Waals surface area contributed by atoms with Crippen molar-refractivity contribution in [1.29, 1.82) is 0 Å². The zero-order chi connectivity index (χ0) is 15.4. The first-order valence-corrected chi connectivity index (χ1v) is 9.16. The predicted octanol–water partition coefficient (Wildman–Crippen LogP) is 6.05. The van der Waals surface area contributed by atoms with Crippen LogP contribution in [0.25, 0.3) is 0 Å². The molecule has 120 valence electrons. The smallest absolute Gasteiger partial charge is 0.115 e. The average Bonchev–Trinajstić information content (AvgIpc) is 2.57. The van der Waals surface area contributed by atoms with E-state index in [-0.39, 0.29) is 0 Å². The number of phenolic OH excluding ortho intramolecular Hbond substituents is 1. The van der Waals surface area contributed by atoms with Crippen molar-refractivity contribution in [3.63, 3.8) is 0 Å². The van der Waals surface area contributed by atoms with Crippen LogP contribution in [0.4, 0.5) is 0 Å². The molecule has 0 heterocycles. The highest BCUT2D eigenvalue weighted by molar-refractivity contribution is 5.28. The van der Waals surface area contributed by atoms with Crippen molar-refractivity contribution in [2.24, 2.45) is 17.8 Å². The summed E-state index contributed by atoms with van der Waals surface area (Å²) in [5.74, 6) is 3.98. The average molecular weight is 298 g/mol. The van der Waals surface area contributed by atoms with Crippen LogP contribution in [0, 0.1) is 17.8 Å². The first-order valence-electron chi connectivity index (χ1n) is 9.16. The molecule has 1 heteroatoms. The fraction of sp³-hybridized carbons (Fsp3) is 0.619. The minimum atomic E-state index is 0.383. The van der Waals surface area contributed by atoms with Gasteiger partial charge in [0.15, 0.2) is 0 Å². The molecular weight excluding hydrogens is 268 g/mol. The van der Waals surface area contributed by atoms with Crippen LogP contribution in [0.3, 0.4) is 0 Å². The van der Waals surface area contributed by atoms with Crippen molar-refractivity contribution in [3.8, 4) is 5.75 Å². The van der Waals surface area contributed by atoms with E-state index in [2.05, 4.69) is 24.8 Å². The fourth-order valence-corrected chi connectivity index (χ4v) is 4.80. The molecule has 1 aromatic rings. The van der Waals surface area contributed by atoms with Crippen LogP contribution in [0.5, 0.6) is 5.75 Å². The van der Waals surface area contributed by atoms with E-state index >= 15 is 0 Å². The highest BCUT2D eigenvalue weighted by Gasteiger charge is 2.30. The lowest BCUT2D eigenvalue weighted by Crippen LogP contribution is -2.25. The van der Waals surface area contributed by atoms with Gasteiger partial charge in [0.05, 0.1) is 0 Å². The lowest BCUT2D eigenvalue weighted by atomic mass is 9.68. The Morgan fingerprint density at radius 2 is 1.41 bits per heavy atom. The standard InChI is InChI=1S/C21H30O/c1-2-3-16-4-6-17(7-5-16)18-8-10-19(11-9-18)20-12-14-21(22)15-13-20/h2,12-19,22H,1,3-11H2. The largest absolute Gasteiger partial charge is 0.508 e. The third kappa shape index (κ3) is 3.74. The van der Waals surface area contributed by atoms with E-state index in [9.17, 15) is 5.11 Å². The Morgan fingerprint density at radius 1 is 0.864 bits per heavy atom. The molecule has 2 aliphatic carbocycles. The molecule has 0 saturated heterocycles. The van der Waals surface area contributed by atoms with Crippen molar-refractivity contribution in [1.82, 2.24) is 0 Å². The number of allylic oxidation sites excluding steroid dienone is 1. The van der Waals surface area contributed by atoms with Crippen LogP contribution in [-0.2, 0) is 0 Å². The predicted molar refractivity (Wildman–Crippen MR) is 93.1 cm³/mol. The molecule has 3 rings (SSSR count). The topological polar surface area (TPSA) is 20.2 Å². The van der Waals surface area contributed by atoms with Crippen molar-refractivity contribution >= 4 is 0 Å². The number of hydrogen-bond acceptors (Lipinski definition) is 1. The maximum Gasteiger partial charge on any atom is 0.115 e. The molecule has 0 bridgehead atoms. The van der Waals surface area contributed by atoms with E-state index < -0.39 is 0 Å². The zero-order valence-electron chi connectivity index (χ0n) is 13.7. The summed E-state index contributed by atoms with van der Waals surface area (Å²) in [5.41, 5.74) is 1.42. The summed E-state index contributed by atoms with van der Waals surface area (Å²) < 4.78 is 0. The maximum atomic E-state index is 9.42. The molecule has 22 heavy (non-hydrogen) atoms. The molecule has 2 fully saturated rings. The minimum Gasteiger partial charge on any atom is -0.508 e. The Hall–Kier alpha value is -1.24. The summed E-state index contributed by atoms with van der Waals surface area (Å²) in [4.78, 5) is 0. The van der Waals surface area contributed by atoms with Gasteiger partial charge in [0.1, 0.15) is 5.75 Å². The normalized spacial score (nSPS) is 32.5. The molecule has 1 aromatic carbocycles. The fourth-order valence-electron chi connectivity index (χ4n) is 4.80. The lowest BCUT2D eigenvalue weighted by molar-refractivity contribution is 0.160. The summed E-state index contributed by atoms with van der Waals surface area (Å²) in [6, 6.07) is 7.90. The van der Waals surface area contributed by atoms with Crippen molar-refractivity contribution < 1.29 is 5.11 Å². The molecule has 2 saturated carbocycles. The number of rotatable bonds is 4. The van der Waals surface area contributed by atoms with Gasteiger partial charge in [0, 0.05) is 0 Å². The summed E-state index contributed by atoms with van der Waals surface area (Å²) in [7, 11) is 0. The van der Waals surface area contributed by atoms with E-state index in [1.807, 2.05) is 12.1 Å².